The number of ether oxygens (including phenoxy) is 2. The fourth-order valence-corrected chi connectivity index (χ4v) is 5.00. The Morgan fingerprint density at radius 3 is 2.67 bits per heavy atom. The first kappa shape index (κ1) is 25.1. The molecule has 6 rings (SSSR count). The molecule has 0 saturated carbocycles. The third kappa shape index (κ3) is 4.95. The van der Waals surface area contributed by atoms with Gasteiger partial charge in [-0.15, -0.1) is 5.10 Å². The summed E-state index contributed by atoms with van der Waals surface area (Å²) in [5, 5.41) is 9.12. The lowest BCUT2D eigenvalue weighted by molar-refractivity contribution is 0.326. The van der Waals surface area contributed by atoms with E-state index >= 15 is 0 Å². The molecule has 0 saturated heterocycles. The Hall–Kier alpha value is -5.22. The second-order valence-electron chi connectivity index (χ2n) is 8.61. The third-order valence-electron chi connectivity index (χ3n) is 5.97. The van der Waals surface area contributed by atoms with Gasteiger partial charge in [-0.25, -0.2) is 4.68 Å². The number of para-hydroxylation sites is 1. The predicted molar refractivity (Wildman–Crippen MR) is 155 cm³/mol. The summed E-state index contributed by atoms with van der Waals surface area (Å²) in [4.78, 5) is 18.3. The molecule has 40 heavy (non-hydrogen) atoms. The first-order chi connectivity index (χ1) is 19.6. The highest BCUT2D eigenvalue weighted by Gasteiger charge is 2.15. The number of fused-ring (bicyclic) bond motifs is 1. The second kappa shape index (κ2) is 10.9. The minimum atomic E-state index is -0.254. The normalized spacial score (nSPS) is 12.0. The lowest BCUT2D eigenvalue weighted by Gasteiger charge is -2.09. The second-order valence-corrected chi connectivity index (χ2v) is 9.62. The monoisotopic (exact) mass is 549 g/mol. The Labute approximate surface area is 232 Å². The molecule has 0 spiro atoms. The molecule has 0 N–H and O–H groups in total. The molecule has 2 aromatic carbocycles. The van der Waals surface area contributed by atoms with Gasteiger partial charge in [-0.05, 0) is 54.1 Å². The number of methoxy groups -OCH3 is 1. The zero-order valence-electron chi connectivity index (χ0n) is 21.4. The van der Waals surface area contributed by atoms with E-state index in [1.54, 1.807) is 42.3 Å². The lowest BCUT2D eigenvalue weighted by Crippen LogP contribution is -2.23. The molecular weight excluding hydrogens is 526 g/mol. The Morgan fingerprint density at radius 2 is 1.93 bits per heavy atom. The fraction of sp³-hybridized carbons (Fsp3) is 0.0667. The van der Waals surface area contributed by atoms with Gasteiger partial charge in [0.1, 0.15) is 12.3 Å². The minimum absolute atomic E-state index is 0.254. The number of benzene rings is 2. The van der Waals surface area contributed by atoms with E-state index in [9.17, 15) is 4.79 Å². The summed E-state index contributed by atoms with van der Waals surface area (Å²) in [6.45, 7) is 4.05. The van der Waals surface area contributed by atoms with Crippen LogP contribution in [0.15, 0.2) is 95.0 Å². The van der Waals surface area contributed by atoms with Crippen molar-refractivity contribution in [2.24, 2.45) is 0 Å². The maximum Gasteiger partial charge on any atom is 0.291 e. The van der Waals surface area contributed by atoms with Crippen LogP contribution in [0.4, 0.5) is 0 Å². The van der Waals surface area contributed by atoms with Crippen molar-refractivity contribution in [2.45, 2.75) is 0 Å². The van der Waals surface area contributed by atoms with Crippen molar-refractivity contribution in [3.63, 3.8) is 0 Å². The number of nitrogens with zero attached hydrogens (tertiary/aromatic N) is 5. The van der Waals surface area contributed by atoms with Crippen LogP contribution in [0.2, 0.25) is 0 Å². The number of hydrogen-bond acceptors (Lipinski definition) is 8. The van der Waals surface area contributed by atoms with Crippen LogP contribution in [-0.2, 0) is 0 Å². The first-order valence-corrected chi connectivity index (χ1v) is 13.1. The average Bonchev–Trinajstić information content (AvgIpc) is 3.78. The van der Waals surface area contributed by atoms with Gasteiger partial charge in [-0.1, -0.05) is 54.3 Å². The van der Waals surface area contributed by atoms with Crippen LogP contribution in [0.3, 0.4) is 0 Å². The zero-order chi connectivity index (χ0) is 27.5. The van der Waals surface area contributed by atoms with Gasteiger partial charge in [-0.3, -0.25) is 4.79 Å². The van der Waals surface area contributed by atoms with Crippen LogP contribution < -0.4 is 19.6 Å². The van der Waals surface area contributed by atoms with E-state index in [2.05, 4.69) is 16.7 Å². The van der Waals surface area contributed by atoms with Crippen molar-refractivity contribution in [3.05, 3.63) is 118 Å². The smallest absolute Gasteiger partial charge is 0.291 e. The Kier molecular flexibility index (Phi) is 6.82. The van der Waals surface area contributed by atoms with Gasteiger partial charge < -0.3 is 13.9 Å². The van der Waals surface area contributed by atoms with Gasteiger partial charge in [0, 0.05) is 11.8 Å². The highest BCUT2D eigenvalue weighted by Crippen LogP contribution is 2.29. The Morgan fingerprint density at radius 1 is 1.05 bits per heavy atom. The molecule has 0 radical (unpaired) electrons. The number of aromatic nitrogens is 5. The van der Waals surface area contributed by atoms with Gasteiger partial charge in [-0.2, -0.15) is 14.6 Å². The molecule has 0 unspecified atom stereocenters. The molecule has 10 heteroatoms. The van der Waals surface area contributed by atoms with Gasteiger partial charge >= 0.3 is 0 Å². The predicted octanol–water partition coefficient (Wildman–Crippen LogP) is 4.89. The van der Waals surface area contributed by atoms with Crippen LogP contribution in [-0.4, -0.2) is 38.1 Å². The van der Waals surface area contributed by atoms with E-state index in [4.69, 9.17) is 19.0 Å². The van der Waals surface area contributed by atoms with Crippen molar-refractivity contribution < 1.29 is 13.9 Å². The zero-order valence-corrected chi connectivity index (χ0v) is 22.2. The van der Waals surface area contributed by atoms with E-state index < -0.39 is 0 Å². The van der Waals surface area contributed by atoms with Crippen LogP contribution >= 0.6 is 11.3 Å². The largest absolute Gasteiger partial charge is 0.493 e. The summed E-state index contributed by atoms with van der Waals surface area (Å²) in [6, 6.07) is 19.0. The van der Waals surface area contributed by atoms with Gasteiger partial charge in [0.25, 0.3) is 5.56 Å². The molecule has 0 fully saturated rings. The molecule has 0 aliphatic heterocycles. The summed E-state index contributed by atoms with van der Waals surface area (Å²) >= 11 is 1.26. The summed E-state index contributed by atoms with van der Waals surface area (Å²) < 4.78 is 20.2. The molecular formula is C30H23N5O4S. The summed E-state index contributed by atoms with van der Waals surface area (Å²) in [6.07, 6.45) is 10.5. The highest BCUT2D eigenvalue weighted by atomic mass is 32.1. The van der Waals surface area contributed by atoms with Gasteiger partial charge in [0.05, 0.1) is 23.6 Å². The molecule has 9 nitrogen and oxygen atoms in total. The Balaban J connectivity index is 1.32. The number of thiazole rings is 1. The van der Waals surface area contributed by atoms with Crippen molar-refractivity contribution >= 4 is 34.5 Å². The molecule has 0 aliphatic rings. The van der Waals surface area contributed by atoms with Crippen LogP contribution in [0, 0.1) is 0 Å². The Bertz CT molecular complexity index is 1940. The maximum absolute atomic E-state index is 13.2. The molecule has 0 bridgehead atoms. The van der Waals surface area contributed by atoms with Crippen LogP contribution in [0.25, 0.3) is 40.3 Å². The quantitative estimate of drug-likeness (QED) is 0.237. The van der Waals surface area contributed by atoms with Gasteiger partial charge in [0.2, 0.25) is 4.96 Å². The maximum atomic E-state index is 13.2. The van der Waals surface area contributed by atoms with E-state index in [-0.39, 0.29) is 5.56 Å². The van der Waals surface area contributed by atoms with Crippen LogP contribution in [0.1, 0.15) is 17.0 Å². The number of furan rings is 1. The summed E-state index contributed by atoms with van der Waals surface area (Å²) in [5.41, 5.74) is 2.89. The van der Waals surface area contributed by atoms with Crippen molar-refractivity contribution in [3.8, 4) is 28.6 Å². The topological polar surface area (TPSA) is 96.7 Å². The van der Waals surface area contributed by atoms with Crippen LogP contribution in [0.5, 0.6) is 11.5 Å². The van der Waals surface area contributed by atoms with E-state index in [0.717, 1.165) is 16.8 Å². The minimum Gasteiger partial charge on any atom is -0.493 e. The van der Waals surface area contributed by atoms with E-state index in [1.165, 1.54) is 15.9 Å². The van der Waals surface area contributed by atoms with Crippen molar-refractivity contribution in [1.29, 1.82) is 0 Å². The van der Waals surface area contributed by atoms with Gasteiger partial charge in [0.15, 0.2) is 23.1 Å². The number of hydrogen-bond donors (Lipinski definition) is 0. The third-order valence-corrected chi connectivity index (χ3v) is 6.93. The first-order valence-electron chi connectivity index (χ1n) is 12.3. The average molecular weight is 550 g/mol. The molecule has 0 aliphatic carbocycles. The lowest BCUT2D eigenvalue weighted by atomic mass is 10.2. The molecule has 4 heterocycles. The molecule has 6 aromatic rings. The highest BCUT2D eigenvalue weighted by molar-refractivity contribution is 7.15. The molecule has 198 valence electrons. The summed E-state index contributed by atoms with van der Waals surface area (Å²) in [7, 11) is 1.59. The SMILES string of the molecule is C=CCOc1ccc(/C=C/c2nc3s/c(=C\c4cn(-c5ccccc5)nc4-c4ccco4)c(=O)n3n2)cc1OC. The summed E-state index contributed by atoms with van der Waals surface area (Å²) in [5.74, 6) is 2.27. The van der Waals surface area contributed by atoms with E-state index in [0.29, 0.717) is 44.9 Å². The van der Waals surface area contributed by atoms with Crippen molar-refractivity contribution in [2.75, 3.05) is 13.7 Å². The molecule has 0 amide bonds. The molecule has 0 atom stereocenters. The number of rotatable bonds is 9. The standard InChI is InChI=1S/C30H23N5O4S/c1-3-15-38-23-13-11-20(17-25(23)37-2)12-14-27-31-30-35(32-27)29(36)26(40-30)18-21-19-34(22-8-5-4-6-9-22)33-28(21)24-10-7-16-39-24/h3-14,16-19H,1,15H2,2H3/b14-12+,26-18-. The molecule has 4 aromatic heterocycles. The van der Waals surface area contributed by atoms with E-state index in [1.807, 2.05) is 66.9 Å². The van der Waals surface area contributed by atoms with Crippen molar-refractivity contribution in [1.82, 2.24) is 24.4 Å². The fourth-order valence-electron chi connectivity index (χ4n) is 4.10.